The number of nitrogens with one attached hydrogen (secondary N) is 1. The Morgan fingerprint density at radius 3 is 3.07 bits per heavy atom. The molecule has 3 N–H and O–H groups in total. The fourth-order valence-electron chi connectivity index (χ4n) is 1.11. The molecule has 1 rings (SSSR count). The predicted octanol–water partition coefficient (Wildman–Crippen LogP) is 1.91. The molecule has 15 heavy (non-hydrogen) atoms. The lowest BCUT2D eigenvalue weighted by Crippen LogP contribution is -2.04. The maximum Gasteiger partial charge on any atom is 0.165 e. The smallest absolute Gasteiger partial charge is 0.165 e. The van der Waals surface area contributed by atoms with Crippen molar-refractivity contribution in [1.29, 1.82) is 5.26 Å². The number of allylic oxidation sites excluding steroid dienone is 1. The first-order valence-electron chi connectivity index (χ1n) is 4.79. The molecule has 0 unspecified atom stereocenters. The van der Waals surface area contributed by atoms with E-state index in [9.17, 15) is 0 Å². The molecule has 4 nitrogen and oxygen atoms in total. The van der Waals surface area contributed by atoms with Crippen molar-refractivity contribution in [2.24, 2.45) is 0 Å². The van der Waals surface area contributed by atoms with Crippen LogP contribution in [-0.4, -0.2) is 11.5 Å². The first kappa shape index (κ1) is 11.1. The number of anilines is 2. The lowest BCUT2D eigenvalue weighted by atomic mass is 10.3. The Morgan fingerprint density at radius 2 is 2.40 bits per heavy atom. The number of nitrogen functional groups attached to an aromatic ring is 1. The molecule has 0 aliphatic rings. The zero-order valence-corrected chi connectivity index (χ0v) is 8.70. The molecular formula is C11H14N4. The second kappa shape index (κ2) is 5.66. The van der Waals surface area contributed by atoms with E-state index < -0.39 is 0 Å². The van der Waals surface area contributed by atoms with Gasteiger partial charge in [0.25, 0.3) is 0 Å². The number of nitriles is 1. The Balaban J connectivity index is 2.59. The van der Waals surface area contributed by atoms with Crippen molar-refractivity contribution >= 4 is 11.5 Å². The van der Waals surface area contributed by atoms with Crippen molar-refractivity contribution in [3.05, 3.63) is 30.0 Å². The van der Waals surface area contributed by atoms with Crippen molar-refractivity contribution in [2.45, 2.75) is 13.3 Å². The van der Waals surface area contributed by atoms with E-state index in [1.807, 2.05) is 19.1 Å². The topological polar surface area (TPSA) is 74.7 Å². The zero-order chi connectivity index (χ0) is 11.1. The van der Waals surface area contributed by atoms with Gasteiger partial charge in [0, 0.05) is 6.54 Å². The van der Waals surface area contributed by atoms with Crippen LogP contribution in [0.25, 0.3) is 0 Å². The highest BCUT2D eigenvalue weighted by Crippen LogP contribution is 2.11. The van der Waals surface area contributed by atoms with Gasteiger partial charge in [0.2, 0.25) is 0 Å². The van der Waals surface area contributed by atoms with E-state index in [1.165, 1.54) is 0 Å². The first-order valence-corrected chi connectivity index (χ1v) is 4.79. The van der Waals surface area contributed by atoms with E-state index in [2.05, 4.69) is 16.4 Å². The highest BCUT2D eigenvalue weighted by Gasteiger charge is 2.00. The highest BCUT2D eigenvalue weighted by molar-refractivity contribution is 5.54. The number of hydrogen-bond donors (Lipinski definition) is 2. The Morgan fingerprint density at radius 1 is 1.60 bits per heavy atom. The largest absolute Gasteiger partial charge is 0.396 e. The number of rotatable bonds is 4. The summed E-state index contributed by atoms with van der Waals surface area (Å²) in [6.07, 6.45) is 5.00. The lowest BCUT2D eigenvalue weighted by Gasteiger charge is -2.04. The monoisotopic (exact) mass is 202 g/mol. The van der Waals surface area contributed by atoms with Crippen molar-refractivity contribution in [1.82, 2.24) is 4.98 Å². The molecule has 1 aromatic rings. The molecule has 0 aliphatic heterocycles. The summed E-state index contributed by atoms with van der Waals surface area (Å²) in [7, 11) is 0. The van der Waals surface area contributed by atoms with Gasteiger partial charge >= 0.3 is 0 Å². The minimum Gasteiger partial charge on any atom is -0.396 e. The summed E-state index contributed by atoms with van der Waals surface area (Å²) in [5.74, 6) is 0.685. The zero-order valence-electron chi connectivity index (χ0n) is 8.70. The van der Waals surface area contributed by atoms with Gasteiger partial charge in [-0.3, -0.25) is 0 Å². The quantitative estimate of drug-likeness (QED) is 0.577. The van der Waals surface area contributed by atoms with Crippen molar-refractivity contribution in [3.63, 3.8) is 0 Å². The number of aromatic nitrogens is 1. The molecule has 78 valence electrons. The van der Waals surface area contributed by atoms with Crippen LogP contribution in [0.5, 0.6) is 0 Å². The summed E-state index contributed by atoms with van der Waals surface area (Å²) in [5.41, 5.74) is 6.24. The van der Waals surface area contributed by atoms with E-state index in [0.717, 1.165) is 13.0 Å². The van der Waals surface area contributed by atoms with E-state index in [-0.39, 0.29) is 5.69 Å². The molecule has 0 saturated heterocycles. The van der Waals surface area contributed by atoms with Gasteiger partial charge in [-0.1, -0.05) is 12.2 Å². The van der Waals surface area contributed by atoms with E-state index >= 15 is 0 Å². The van der Waals surface area contributed by atoms with Gasteiger partial charge in [-0.25, -0.2) is 4.98 Å². The fourth-order valence-corrected chi connectivity index (χ4v) is 1.11. The third-order valence-electron chi connectivity index (χ3n) is 1.89. The molecular weight excluding hydrogens is 188 g/mol. The average Bonchev–Trinajstić information content (AvgIpc) is 2.26. The van der Waals surface area contributed by atoms with Crippen LogP contribution >= 0.6 is 0 Å². The normalized spacial score (nSPS) is 10.1. The van der Waals surface area contributed by atoms with Gasteiger partial charge < -0.3 is 11.1 Å². The molecule has 0 aromatic carbocycles. The predicted molar refractivity (Wildman–Crippen MR) is 61.3 cm³/mol. The maximum atomic E-state index is 8.72. The van der Waals surface area contributed by atoms with Crippen LogP contribution in [0.15, 0.2) is 24.3 Å². The third kappa shape index (κ3) is 3.31. The summed E-state index contributed by atoms with van der Waals surface area (Å²) in [4.78, 5) is 4.07. The van der Waals surface area contributed by atoms with Crippen LogP contribution in [0.1, 0.15) is 19.0 Å². The Kier molecular flexibility index (Phi) is 4.17. The molecule has 0 saturated carbocycles. The first-order chi connectivity index (χ1) is 7.27. The number of pyridine rings is 1. The van der Waals surface area contributed by atoms with Gasteiger partial charge in [0.15, 0.2) is 5.69 Å². The van der Waals surface area contributed by atoms with Crippen LogP contribution in [-0.2, 0) is 0 Å². The minimum absolute atomic E-state index is 0.269. The summed E-state index contributed by atoms with van der Waals surface area (Å²) < 4.78 is 0. The number of nitrogens with zero attached hydrogens (tertiary/aromatic N) is 2. The minimum atomic E-state index is 0.269. The fraction of sp³-hybridized carbons (Fsp3) is 0.273. The van der Waals surface area contributed by atoms with Gasteiger partial charge in [0.05, 0.1) is 5.69 Å². The molecule has 0 radical (unpaired) electrons. The summed E-state index contributed by atoms with van der Waals surface area (Å²) in [6, 6.07) is 5.40. The molecule has 0 bridgehead atoms. The lowest BCUT2D eigenvalue weighted by molar-refractivity contribution is 1.04. The third-order valence-corrected chi connectivity index (χ3v) is 1.89. The SMILES string of the molecule is C/C=C/CCNc1ccc(N)c(C#N)n1. The summed E-state index contributed by atoms with van der Waals surface area (Å²) in [6.45, 7) is 2.78. The van der Waals surface area contributed by atoms with Gasteiger partial charge in [-0.15, -0.1) is 0 Å². The van der Waals surface area contributed by atoms with E-state index in [0.29, 0.717) is 11.5 Å². The van der Waals surface area contributed by atoms with Crippen molar-refractivity contribution < 1.29 is 0 Å². The number of nitrogens with two attached hydrogens (primary N) is 1. The maximum absolute atomic E-state index is 8.72. The van der Waals surface area contributed by atoms with Crippen molar-refractivity contribution in [2.75, 3.05) is 17.6 Å². The van der Waals surface area contributed by atoms with Crippen LogP contribution in [0, 0.1) is 11.3 Å². The standard InChI is InChI=1S/C11H14N4/c1-2-3-4-7-14-11-6-5-9(13)10(8-12)15-11/h2-3,5-6H,4,7,13H2,1H3,(H,14,15)/b3-2+. The van der Waals surface area contributed by atoms with Crippen LogP contribution in [0.4, 0.5) is 11.5 Å². The van der Waals surface area contributed by atoms with Gasteiger partial charge in [0.1, 0.15) is 11.9 Å². The summed E-state index contributed by atoms with van der Waals surface area (Å²) in [5, 5.41) is 11.8. The van der Waals surface area contributed by atoms with E-state index in [4.69, 9.17) is 11.0 Å². The molecule has 4 heteroatoms. The Hall–Kier alpha value is -2.02. The molecule has 0 amide bonds. The molecule has 1 aromatic heterocycles. The van der Waals surface area contributed by atoms with E-state index in [1.54, 1.807) is 12.1 Å². The molecule has 0 fully saturated rings. The molecule has 0 spiro atoms. The molecule has 0 atom stereocenters. The molecule has 0 aliphatic carbocycles. The van der Waals surface area contributed by atoms with Crippen LogP contribution < -0.4 is 11.1 Å². The number of hydrogen-bond acceptors (Lipinski definition) is 4. The Labute approximate surface area is 89.4 Å². The van der Waals surface area contributed by atoms with Crippen LogP contribution in [0.2, 0.25) is 0 Å². The highest BCUT2D eigenvalue weighted by atomic mass is 15.0. The van der Waals surface area contributed by atoms with Crippen LogP contribution in [0.3, 0.4) is 0 Å². The van der Waals surface area contributed by atoms with Gasteiger partial charge in [-0.05, 0) is 25.5 Å². The summed E-state index contributed by atoms with van der Waals surface area (Å²) >= 11 is 0. The average molecular weight is 202 g/mol. The Bertz CT molecular complexity index is 390. The van der Waals surface area contributed by atoms with Crippen molar-refractivity contribution in [3.8, 4) is 6.07 Å². The molecule has 1 heterocycles. The van der Waals surface area contributed by atoms with Gasteiger partial charge in [-0.2, -0.15) is 5.26 Å². The second-order valence-corrected chi connectivity index (χ2v) is 3.03. The second-order valence-electron chi connectivity index (χ2n) is 3.03.